The van der Waals surface area contributed by atoms with Crippen LogP contribution >= 0.6 is 24.0 Å². The molecular formula is C15H24Cl2N2O4S. The second kappa shape index (κ2) is 8.69. The van der Waals surface area contributed by atoms with Gasteiger partial charge in [0, 0.05) is 29.6 Å². The zero-order valence-corrected chi connectivity index (χ0v) is 16.1. The van der Waals surface area contributed by atoms with Gasteiger partial charge >= 0.3 is 0 Å². The van der Waals surface area contributed by atoms with E-state index in [-0.39, 0.29) is 35.5 Å². The van der Waals surface area contributed by atoms with Gasteiger partial charge in [0.05, 0.1) is 13.2 Å². The van der Waals surface area contributed by atoms with Crippen LogP contribution in [0.25, 0.3) is 0 Å². The first-order valence-electron chi connectivity index (χ1n) is 7.46. The van der Waals surface area contributed by atoms with Crippen molar-refractivity contribution in [2.45, 2.75) is 30.7 Å². The van der Waals surface area contributed by atoms with Crippen LogP contribution in [0.2, 0.25) is 5.02 Å². The molecule has 1 aromatic carbocycles. The number of rotatable bonds is 7. The Labute approximate surface area is 154 Å². The molecule has 1 fully saturated rings. The molecule has 6 nitrogen and oxygen atoms in total. The van der Waals surface area contributed by atoms with Crippen LogP contribution in [-0.2, 0) is 14.8 Å². The highest BCUT2D eigenvalue weighted by atomic mass is 35.5. The fourth-order valence-electron chi connectivity index (χ4n) is 2.09. The molecule has 0 radical (unpaired) electrons. The minimum Gasteiger partial charge on any atom is -0.492 e. The summed E-state index contributed by atoms with van der Waals surface area (Å²) < 4.78 is 38.5. The molecule has 1 heterocycles. The molecule has 0 saturated carbocycles. The highest BCUT2D eigenvalue weighted by Gasteiger charge is 2.24. The molecular weight excluding hydrogens is 375 g/mol. The monoisotopic (exact) mass is 398 g/mol. The van der Waals surface area contributed by atoms with Gasteiger partial charge in [-0.25, -0.2) is 13.1 Å². The summed E-state index contributed by atoms with van der Waals surface area (Å²) in [4.78, 5) is 0.0214. The van der Waals surface area contributed by atoms with Crippen LogP contribution in [0.15, 0.2) is 23.1 Å². The number of halogens is 2. The minimum atomic E-state index is -3.76. The summed E-state index contributed by atoms with van der Waals surface area (Å²) in [5, 5.41) is 0.328. The number of ether oxygens (including phenoxy) is 2. The lowest BCUT2D eigenvalue weighted by molar-refractivity contribution is 0.166. The summed E-state index contributed by atoms with van der Waals surface area (Å²) in [7, 11) is -3.76. The van der Waals surface area contributed by atoms with Gasteiger partial charge in [-0.3, -0.25) is 0 Å². The van der Waals surface area contributed by atoms with Gasteiger partial charge in [0.15, 0.2) is 0 Å². The predicted molar refractivity (Wildman–Crippen MR) is 96.6 cm³/mol. The third-order valence-electron chi connectivity index (χ3n) is 3.41. The number of hydrogen-bond acceptors (Lipinski definition) is 5. The van der Waals surface area contributed by atoms with Crippen LogP contribution in [0.4, 0.5) is 0 Å². The lowest BCUT2D eigenvalue weighted by Crippen LogP contribution is -2.45. The van der Waals surface area contributed by atoms with Crippen molar-refractivity contribution in [1.29, 1.82) is 0 Å². The molecule has 24 heavy (non-hydrogen) atoms. The molecule has 1 aromatic rings. The number of nitrogens with two attached hydrogens (primary N) is 1. The largest absolute Gasteiger partial charge is 0.492 e. The Hall–Kier alpha value is -0.570. The Balaban J connectivity index is 0.00000288. The van der Waals surface area contributed by atoms with Gasteiger partial charge < -0.3 is 15.2 Å². The zero-order chi connectivity index (χ0) is 17.1. The zero-order valence-electron chi connectivity index (χ0n) is 13.7. The van der Waals surface area contributed by atoms with E-state index in [1.807, 2.05) is 0 Å². The third-order valence-corrected chi connectivity index (χ3v) is 5.07. The first-order chi connectivity index (χ1) is 10.7. The maximum Gasteiger partial charge on any atom is 0.244 e. The Morgan fingerprint density at radius 2 is 2.17 bits per heavy atom. The fraction of sp³-hybridized carbons (Fsp3) is 0.600. The van der Waals surface area contributed by atoms with Crippen LogP contribution in [-0.4, -0.2) is 40.3 Å². The van der Waals surface area contributed by atoms with E-state index >= 15 is 0 Å². The molecule has 0 aromatic heterocycles. The second-order valence-corrected chi connectivity index (χ2v) is 8.62. The SMILES string of the molecule is CC(C)(N)CNS(=O)(=O)c1cc(Cl)ccc1OCC1CCOC1.Cl. The van der Waals surface area contributed by atoms with Gasteiger partial charge in [0.25, 0.3) is 0 Å². The molecule has 1 aliphatic heterocycles. The van der Waals surface area contributed by atoms with Crippen LogP contribution < -0.4 is 15.2 Å². The van der Waals surface area contributed by atoms with E-state index in [4.69, 9.17) is 26.8 Å². The summed E-state index contributed by atoms with van der Waals surface area (Å²) in [6.45, 7) is 5.35. The van der Waals surface area contributed by atoms with Crippen molar-refractivity contribution in [1.82, 2.24) is 4.72 Å². The van der Waals surface area contributed by atoms with Gasteiger partial charge in [0.2, 0.25) is 10.0 Å². The average molecular weight is 399 g/mol. The molecule has 138 valence electrons. The van der Waals surface area contributed by atoms with E-state index in [0.29, 0.717) is 24.8 Å². The molecule has 9 heteroatoms. The van der Waals surface area contributed by atoms with Crippen molar-refractivity contribution in [3.8, 4) is 5.75 Å². The molecule has 1 unspecified atom stereocenters. The standard InChI is InChI=1S/C15H23ClN2O4S.ClH/c1-15(2,17)10-18-23(19,20)14-7-12(16)3-4-13(14)22-9-11-5-6-21-8-11;/h3-4,7,11,18H,5-6,8-10,17H2,1-2H3;1H. The minimum absolute atomic E-state index is 0. The predicted octanol–water partition coefficient (Wildman–Crippen LogP) is 2.19. The first-order valence-corrected chi connectivity index (χ1v) is 9.32. The van der Waals surface area contributed by atoms with Crippen LogP contribution in [0, 0.1) is 5.92 Å². The van der Waals surface area contributed by atoms with Crippen molar-refractivity contribution in [2.75, 3.05) is 26.4 Å². The second-order valence-electron chi connectivity index (χ2n) is 6.44. The van der Waals surface area contributed by atoms with Crippen LogP contribution in [0.1, 0.15) is 20.3 Å². The Kier molecular flexibility index (Phi) is 7.77. The van der Waals surface area contributed by atoms with Gasteiger partial charge in [-0.2, -0.15) is 0 Å². The number of benzene rings is 1. The Morgan fingerprint density at radius 3 is 2.75 bits per heavy atom. The molecule has 1 saturated heterocycles. The van der Waals surface area contributed by atoms with Crippen molar-refractivity contribution < 1.29 is 17.9 Å². The highest BCUT2D eigenvalue weighted by Crippen LogP contribution is 2.28. The summed E-state index contributed by atoms with van der Waals surface area (Å²) in [5.74, 6) is 0.556. The van der Waals surface area contributed by atoms with E-state index in [1.54, 1.807) is 26.0 Å². The maximum atomic E-state index is 12.5. The lowest BCUT2D eigenvalue weighted by Gasteiger charge is -2.20. The van der Waals surface area contributed by atoms with Crippen LogP contribution in [0.5, 0.6) is 5.75 Å². The van der Waals surface area contributed by atoms with Gasteiger partial charge in [0.1, 0.15) is 10.6 Å². The van der Waals surface area contributed by atoms with Gasteiger partial charge in [-0.1, -0.05) is 11.6 Å². The van der Waals surface area contributed by atoms with Gasteiger partial charge in [-0.05, 0) is 38.5 Å². The van der Waals surface area contributed by atoms with Crippen molar-refractivity contribution >= 4 is 34.0 Å². The fourth-order valence-corrected chi connectivity index (χ4v) is 3.72. The summed E-state index contributed by atoms with van der Waals surface area (Å²) in [6.07, 6.45) is 0.912. The maximum absolute atomic E-state index is 12.5. The van der Waals surface area contributed by atoms with Crippen molar-refractivity contribution in [3.05, 3.63) is 23.2 Å². The van der Waals surface area contributed by atoms with E-state index in [0.717, 1.165) is 6.42 Å². The molecule has 0 bridgehead atoms. The average Bonchev–Trinajstić information content (AvgIpc) is 2.96. The normalized spacial score (nSPS) is 18.2. The summed E-state index contributed by atoms with van der Waals surface area (Å²) in [5.41, 5.74) is 5.17. The first kappa shape index (κ1) is 21.5. The third kappa shape index (κ3) is 6.38. The van der Waals surface area contributed by atoms with Crippen molar-refractivity contribution in [3.63, 3.8) is 0 Å². The quantitative estimate of drug-likeness (QED) is 0.734. The van der Waals surface area contributed by atoms with E-state index in [2.05, 4.69) is 4.72 Å². The van der Waals surface area contributed by atoms with E-state index < -0.39 is 15.6 Å². The van der Waals surface area contributed by atoms with E-state index in [1.165, 1.54) is 6.07 Å². The summed E-state index contributed by atoms with van der Waals surface area (Å²) >= 11 is 5.95. The molecule has 0 amide bonds. The smallest absolute Gasteiger partial charge is 0.244 e. The Morgan fingerprint density at radius 1 is 1.46 bits per heavy atom. The van der Waals surface area contributed by atoms with Crippen LogP contribution in [0.3, 0.4) is 0 Å². The topological polar surface area (TPSA) is 90.7 Å². The molecule has 1 aliphatic rings. The van der Waals surface area contributed by atoms with E-state index in [9.17, 15) is 8.42 Å². The molecule has 2 rings (SSSR count). The number of sulfonamides is 1. The molecule has 0 spiro atoms. The molecule has 3 N–H and O–H groups in total. The number of nitrogens with one attached hydrogen (secondary N) is 1. The van der Waals surface area contributed by atoms with Gasteiger partial charge in [-0.15, -0.1) is 12.4 Å². The Bertz CT molecular complexity index is 641. The number of hydrogen-bond donors (Lipinski definition) is 2. The lowest BCUT2D eigenvalue weighted by atomic mass is 10.1. The summed E-state index contributed by atoms with van der Waals surface area (Å²) in [6, 6.07) is 4.56. The molecule has 1 atom stereocenters. The highest BCUT2D eigenvalue weighted by molar-refractivity contribution is 7.89. The van der Waals surface area contributed by atoms with Crippen molar-refractivity contribution in [2.24, 2.45) is 11.7 Å². The molecule has 0 aliphatic carbocycles.